The molecule has 0 aliphatic heterocycles. The van der Waals surface area contributed by atoms with Gasteiger partial charge in [0.25, 0.3) is 5.91 Å². The number of rotatable bonds is 6. The summed E-state index contributed by atoms with van der Waals surface area (Å²) in [5.74, 6) is -0.794. The smallest absolute Gasteiger partial charge is 0.337 e. The number of nitrogens with one attached hydrogen (secondary N) is 1. The maximum Gasteiger partial charge on any atom is 0.337 e. The molecule has 0 aliphatic carbocycles. The first-order chi connectivity index (χ1) is 11.4. The number of anilines is 1. The van der Waals surface area contributed by atoms with Gasteiger partial charge in [0.05, 0.1) is 24.3 Å². The van der Waals surface area contributed by atoms with Crippen LogP contribution in [0.3, 0.4) is 0 Å². The second-order valence-corrected chi connectivity index (χ2v) is 5.09. The summed E-state index contributed by atoms with van der Waals surface area (Å²) in [6, 6.07) is 5.72. The lowest BCUT2D eigenvalue weighted by atomic mass is 10.2. The lowest BCUT2D eigenvalue weighted by Gasteiger charge is -2.12. The third-order valence-corrected chi connectivity index (χ3v) is 2.86. The molecule has 0 unspecified atom stereocenters. The number of methoxy groups -OCH3 is 1. The van der Waals surface area contributed by atoms with Crippen LogP contribution >= 0.6 is 0 Å². The number of hydrogen-bond donors (Lipinski definition) is 2. The molecule has 0 radical (unpaired) electrons. The third kappa shape index (κ3) is 4.42. The van der Waals surface area contributed by atoms with Gasteiger partial charge in [-0.15, -0.1) is 0 Å². The SMILES string of the molecule is COc1cc(C(=O)Nc2ccc(C(=O)O)cn2)cc(OC(C)C)n1. The van der Waals surface area contributed by atoms with Crippen LogP contribution < -0.4 is 14.8 Å². The van der Waals surface area contributed by atoms with E-state index >= 15 is 0 Å². The Morgan fingerprint density at radius 1 is 1.17 bits per heavy atom. The summed E-state index contributed by atoms with van der Waals surface area (Å²) in [7, 11) is 1.44. The molecule has 0 saturated carbocycles. The zero-order valence-corrected chi connectivity index (χ0v) is 13.4. The Morgan fingerprint density at radius 2 is 1.88 bits per heavy atom. The van der Waals surface area contributed by atoms with E-state index in [4.69, 9.17) is 14.6 Å². The molecular weight excluding hydrogens is 314 g/mol. The van der Waals surface area contributed by atoms with Crippen LogP contribution in [0.5, 0.6) is 11.8 Å². The lowest BCUT2D eigenvalue weighted by molar-refractivity contribution is 0.0696. The molecule has 8 heteroatoms. The van der Waals surface area contributed by atoms with Gasteiger partial charge in [0.15, 0.2) is 0 Å². The molecule has 2 N–H and O–H groups in total. The number of aromatic nitrogens is 2. The van der Waals surface area contributed by atoms with E-state index in [-0.39, 0.29) is 34.8 Å². The second-order valence-electron chi connectivity index (χ2n) is 5.09. The molecule has 126 valence electrons. The molecule has 0 atom stereocenters. The lowest BCUT2D eigenvalue weighted by Crippen LogP contribution is -2.15. The van der Waals surface area contributed by atoms with E-state index in [2.05, 4.69) is 15.3 Å². The first-order valence-electron chi connectivity index (χ1n) is 7.12. The molecule has 2 aromatic rings. The van der Waals surface area contributed by atoms with Crippen LogP contribution in [-0.4, -0.2) is 40.2 Å². The van der Waals surface area contributed by atoms with Crippen LogP contribution in [0.15, 0.2) is 30.5 Å². The van der Waals surface area contributed by atoms with E-state index in [1.165, 1.54) is 37.6 Å². The fourth-order valence-corrected chi connectivity index (χ4v) is 1.80. The van der Waals surface area contributed by atoms with Crippen LogP contribution in [0.1, 0.15) is 34.6 Å². The average Bonchev–Trinajstić information content (AvgIpc) is 2.54. The number of aromatic carboxylic acids is 1. The van der Waals surface area contributed by atoms with Crippen LogP contribution in [-0.2, 0) is 0 Å². The molecule has 0 aromatic carbocycles. The van der Waals surface area contributed by atoms with Crippen LogP contribution in [0.25, 0.3) is 0 Å². The molecule has 8 nitrogen and oxygen atoms in total. The number of amides is 1. The van der Waals surface area contributed by atoms with E-state index in [9.17, 15) is 9.59 Å². The largest absolute Gasteiger partial charge is 0.481 e. The van der Waals surface area contributed by atoms with Crippen molar-refractivity contribution in [3.63, 3.8) is 0 Å². The third-order valence-electron chi connectivity index (χ3n) is 2.86. The number of carbonyl (C=O) groups is 2. The van der Waals surface area contributed by atoms with E-state index in [1.54, 1.807) is 0 Å². The fraction of sp³-hybridized carbons (Fsp3) is 0.250. The van der Waals surface area contributed by atoms with Gasteiger partial charge in [0.1, 0.15) is 5.82 Å². The van der Waals surface area contributed by atoms with Gasteiger partial charge in [0, 0.05) is 18.3 Å². The minimum atomic E-state index is -1.09. The van der Waals surface area contributed by atoms with Gasteiger partial charge in [-0.1, -0.05) is 0 Å². The Hall–Kier alpha value is -3.16. The van der Waals surface area contributed by atoms with Crippen molar-refractivity contribution < 1.29 is 24.2 Å². The summed E-state index contributed by atoms with van der Waals surface area (Å²) in [5.41, 5.74) is 0.313. The summed E-state index contributed by atoms with van der Waals surface area (Å²) >= 11 is 0. The molecule has 0 aliphatic rings. The topological polar surface area (TPSA) is 111 Å². The number of carbonyl (C=O) groups excluding carboxylic acids is 1. The van der Waals surface area contributed by atoms with Crippen molar-refractivity contribution in [3.8, 4) is 11.8 Å². The van der Waals surface area contributed by atoms with Gasteiger partial charge < -0.3 is 19.9 Å². The standard InChI is InChI=1S/C16H17N3O5/c1-9(2)24-14-7-11(6-13(19-14)23-3)15(20)18-12-5-4-10(8-17-12)16(21)22/h4-9H,1-3H3,(H,21,22)(H,17,18,20). The van der Waals surface area contributed by atoms with Gasteiger partial charge in [0.2, 0.25) is 11.8 Å². The molecule has 1 amide bonds. The molecule has 2 aromatic heterocycles. The predicted octanol–water partition coefficient (Wildman–Crippen LogP) is 2.22. The molecule has 0 fully saturated rings. The highest BCUT2D eigenvalue weighted by atomic mass is 16.5. The van der Waals surface area contributed by atoms with Gasteiger partial charge >= 0.3 is 5.97 Å². The highest BCUT2D eigenvalue weighted by molar-refractivity contribution is 6.04. The highest BCUT2D eigenvalue weighted by Gasteiger charge is 2.13. The van der Waals surface area contributed by atoms with E-state index in [1.807, 2.05) is 13.8 Å². The first-order valence-corrected chi connectivity index (χ1v) is 7.12. The Labute approximate surface area is 138 Å². The zero-order valence-electron chi connectivity index (χ0n) is 13.4. The van der Waals surface area contributed by atoms with E-state index in [0.717, 1.165) is 0 Å². The van der Waals surface area contributed by atoms with Gasteiger partial charge in [-0.25, -0.2) is 9.78 Å². The highest BCUT2D eigenvalue weighted by Crippen LogP contribution is 2.20. The van der Waals surface area contributed by atoms with Crippen molar-refractivity contribution in [3.05, 3.63) is 41.6 Å². The zero-order chi connectivity index (χ0) is 17.7. The molecule has 2 heterocycles. The molecule has 2 rings (SSSR count). The number of nitrogens with zero attached hydrogens (tertiary/aromatic N) is 2. The quantitative estimate of drug-likeness (QED) is 0.835. The molecule has 0 saturated heterocycles. The Bertz CT molecular complexity index is 744. The number of ether oxygens (including phenoxy) is 2. The van der Waals surface area contributed by atoms with Crippen molar-refractivity contribution in [1.29, 1.82) is 0 Å². The van der Waals surface area contributed by atoms with Crippen LogP contribution in [0.2, 0.25) is 0 Å². The maximum atomic E-state index is 12.3. The van der Waals surface area contributed by atoms with Gasteiger partial charge in [-0.05, 0) is 26.0 Å². The van der Waals surface area contributed by atoms with Crippen molar-refractivity contribution in [2.24, 2.45) is 0 Å². The van der Waals surface area contributed by atoms with Crippen molar-refractivity contribution >= 4 is 17.7 Å². The number of hydrogen-bond acceptors (Lipinski definition) is 6. The maximum absolute atomic E-state index is 12.3. The van der Waals surface area contributed by atoms with E-state index < -0.39 is 11.9 Å². The second kappa shape index (κ2) is 7.40. The van der Waals surface area contributed by atoms with Crippen molar-refractivity contribution in [1.82, 2.24) is 9.97 Å². The summed E-state index contributed by atoms with van der Waals surface area (Å²) in [6.07, 6.45) is 1.06. The predicted molar refractivity (Wildman–Crippen MR) is 85.7 cm³/mol. The van der Waals surface area contributed by atoms with Crippen LogP contribution in [0.4, 0.5) is 5.82 Å². The summed E-state index contributed by atoms with van der Waals surface area (Å²) in [4.78, 5) is 31.1. The molecular formula is C16H17N3O5. The normalized spacial score (nSPS) is 10.3. The van der Waals surface area contributed by atoms with Crippen molar-refractivity contribution in [2.45, 2.75) is 20.0 Å². The number of carboxylic acid groups (broad SMARTS) is 1. The first kappa shape index (κ1) is 17.2. The van der Waals surface area contributed by atoms with Gasteiger partial charge in [-0.3, -0.25) is 4.79 Å². The van der Waals surface area contributed by atoms with E-state index in [0.29, 0.717) is 0 Å². The monoisotopic (exact) mass is 331 g/mol. The van der Waals surface area contributed by atoms with Gasteiger partial charge in [-0.2, -0.15) is 4.98 Å². The van der Waals surface area contributed by atoms with Crippen LogP contribution in [0, 0.1) is 0 Å². The summed E-state index contributed by atoms with van der Waals surface area (Å²) < 4.78 is 10.6. The summed E-state index contributed by atoms with van der Waals surface area (Å²) in [5, 5.41) is 11.4. The Morgan fingerprint density at radius 3 is 2.42 bits per heavy atom. The Balaban J connectivity index is 2.20. The average molecular weight is 331 g/mol. The minimum Gasteiger partial charge on any atom is -0.481 e. The number of carboxylic acids is 1. The molecule has 0 bridgehead atoms. The summed E-state index contributed by atoms with van der Waals surface area (Å²) in [6.45, 7) is 3.68. The fourth-order valence-electron chi connectivity index (χ4n) is 1.80. The van der Waals surface area contributed by atoms with Crippen molar-refractivity contribution in [2.75, 3.05) is 12.4 Å². The molecule has 0 spiro atoms. The number of pyridine rings is 2. The minimum absolute atomic E-state index is 0.0335. The Kier molecular flexibility index (Phi) is 5.31. The molecule has 24 heavy (non-hydrogen) atoms.